The quantitative estimate of drug-likeness (QED) is 0.198. The largest absolute Gasteiger partial charge is 0.508 e. The van der Waals surface area contributed by atoms with Gasteiger partial charge in [-0.25, -0.2) is 9.78 Å². The number of carbonyl (C=O) groups is 1. The van der Waals surface area contributed by atoms with E-state index < -0.39 is 11.6 Å². The van der Waals surface area contributed by atoms with Crippen LogP contribution in [0.3, 0.4) is 0 Å². The van der Waals surface area contributed by atoms with Crippen LogP contribution in [-0.2, 0) is 34.8 Å². The summed E-state index contributed by atoms with van der Waals surface area (Å²) >= 11 is 0. The summed E-state index contributed by atoms with van der Waals surface area (Å²) in [5.41, 5.74) is 9.46. The van der Waals surface area contributed by atoms with E-state index in [1.165, 1.54) is 37.7 Å². The lowest BCUT2D eigenvalue weighted by molar-refractivity contribution is -0.172. The highest BCUT2D eigenvalue weighted by atomic mass is 16.6. The van der Waals surface area contributed by atoms with Crippen molar-refractivity contribution in [2.75, 3.05) is 14.1 Å². The molecule has 4 heterocycles. The molecule has 2 aromatic heterocycles. The summed E-state index contributed by atoms with van der Waals surface area (Å²) in [6.45, 7) is 2.41. The van der Waals surface area contributed by atoms with Crippen LogP contribution < -0.4 is 16.6 Å². The molecule has 4 aliphatic rings. The molecule has 4 aromatic rings. The van der Waals surface area contributed by atoms with Crippen molar-refractivity contribution in [3.63, 3.8) is 0 Å². The number of carbonyl (C=O) groups excluding carboxylic acids is 1. The molecule has 0 spiro atoms. The van der Waals surface area contributed by atoms with Gasteiger partial charge >= 0.3 is 5.97 Å². The molecule has 2 aromatic carbocycles. The van der Waals surface area contributed by atoms with Gasteiger partial charge in [-0.15, -0.1) is 0 Å². The van der Waals surface area contributed by atoms with Gasteiger partial charge in [0.15, 0.2) is 5.60 Å². The molecule has 10 heteroatoms. The summed E-state index contributed by atoms with van der Waals surface area (Å²) in [6, 6.07) is 19.8. The number of phenols is 1. The molecule has 252 valence electrons. The van der Waals surface area contributed by atoms with Gasteiger partial charge < -0.3 is 35.5 Å². The van der Waals surface area contributed by atoms with E-state index in [1.807, 2.05) is 25.1 Å². The van der Waals surface area contributed by atoms with Crippen molar-refractivity contribution in [1.82, 2.24) is 19.8 Å². The predicted molar refractivity (Wildman–Crippen MR) is 185 cm³/mol. The van der Waals surface area contributed by atoms with E-state index in [4.69, 9.17) is 15.5 Å². The maximum absolute atomic E-state index is 13.2. The number of aromatic hydroxyl groups is 1. The molecule has 10 nitrogen and oxygen atoms in total. The summed E-state index contributed by atoms with van der Waals surface area (Å²) in [7, 11) is 3.86. The number of nitrogens with two attached hydrogens (primary N) is 1. The molecule has 3 atom stereocenters. The van der Waals surface area contributed by atoms with E-state index in [0.29, 0.717) is 53.2 Å². The molecular weight excluding hydrogens is 606 g/mol. The Morgan fingerprint density at radius 2 is 1.83 bits per heavy atom. The molecule has 2 unspecified atom stereocenters. The van der Waals surface area contributed by atoms with Crippen LogP contribution in [0.15, 0.2) is 59.4 Å². The fourth-order valence-corrected chi connectivity index (χ4v) is 7.62. The first-order valence-corrected chi connectivity index (χ1v) is 17.1. The highest BCUT2D eigenvalue weighted by Gasteiger charge is 2.45. The minimum absolute atomic E-state index is 0.104. The minimum atomic E-state index is -1.84. The van der Waals surface area contributed by atoms with Gasteiger partial charge in [-0.1, -0.05) is 37.3 Å². The van der Waals surface area contributed by atoms with E-state index in [-0.39, 0.29) is 24.3 Å². The molecule has 2 aliphatic carbocycles. The molecule has 0 amide bonds. The van der Waals surface area contributed by atoms with Crippen molar-refractivity contribution >= 4 is 16.9 Å². The molecule has 2 saturated carbocycles. The first kappa shape index (κ1) is 32.5. The molecular formula is C38H45N5O5. The molecule has 48 heavy (non-hydrogen) atoms. The Hall–Kier alpha value is -4.09. The van der Waals surface area contributed by atoms with Gasteiger partial charge in [0.05, 0.1) is 29.0 Å². The second kappa shape index (κ2) is 12.7. The highest BCUT2D eigenvalue weighted by Crippen LogP contribution is 2.42. The average molecular weight is 652 g/mol. The number of pyridine rings is 2. The van der Waals surface area contributed by atoms with Crippen LogP contribution in [0.25, 0.3) is 22.3 Å². The van der Waals surface area contributed by atoms with Crippen LogP contribution in [-0.4, -0.2) is 62.9 Å². The first-order chi connectivity index (χ1) is 23.1. The number of fused-ring (bicyclic) bond motifs is 5. The third-order valence-corrected chi connectivity index (χ3v) is 10.5. The number of cyclic esters (lactones) is 1. The molecule has 0 bridgehead atoms. The SMILES string of the molecule is CC[C@@]1(O)C(=O)OCc2c1cc1n(c2=O)Cc2cc3c(CN(C)C)c(O)ccc3nc2-1.NC1CCC(NC2CC2c2ccccc2)CC1. The Kier molecular flexibility index (Phi) is 8.62. The van der Waals surface area contributed by atoms with Crippen molar-refractivity contribution in [2.24, 2.45) is 5.73 Å². The lowest BCUT2D eigenvalue weighted by Gasteiger charge is -2.31. The number of nitrogens with one attached hydrogen (secondary N) is 1. The predicted octanol–water partition coefficient (Wildman–Crippen LogP) is 4.25. The summed E-state index contributed by atoms with van der Waals surface area (Å²) in [5, 5.41) is 26.0. The van der Waals surface area contributed by atoms with E-state index in [0.717, 1.165) is 28.5 Å². The number of benzene rings is 2. The standard InChI is InChI=1S/C23H23N3O5.C15H22N2/c1-4-23(30)16-8-18-20-12(9-26(18)21(28)15(16)11-31-22(23)29)7-13-14(10-25(2)3)19(27)6-5-17(13)24-20;16-12-6-8-13(9-7-12)17-15-10-14(15)11-4-2-1-3-5-11/h5-8,27,30H,4,9-11H2,1-3H3;1-5,12-15,17H,6-10,16H2/t23-;/m0./s1. The smallest absolute Gasteiger partial charge is 0.343 e. The van der Waals surface area contributed by atoms with Gasteiger partial charge in [0.25, 0.3) is 5.56 Å². The Labute approximate surface area is 280 Å². The number of phenolic OH excluding ortho intramolecular Hbond substituents is 1. The topological polar surface area (TPSA) is 143 Å². The van der Waals surface area contributed by atoms with Crippen LogP contribution in [0.2, 0.25) is 0 Å². The van der Waals surface area contributed by atoms with E-state index in [9.17, 15) is 19.8 Å². The summed E-state index contributed by atoms with van der Waals surface area (Å²) in [6.07, 6.45) is 6.33. The Balaban J connectivity index is 0.000000180. The third kappa shape index (κ3) is 5.91. The monoisotopic (exact) mass is 651 g/mol. The van der Waals surface area contributed by atoms with Crippen LogP contribution in [0, 0.1) is 0 Å². The molecule has 2 aliphatic heterocycles. The number of aliphatic hydroxyl groups is 1. The molecule has 2 fully saturated rings. The molecule has 5 N–H and O–H groups in total. The highest BCUT2D eigenvalue weighted by molar-refractivity contribution is 5.89. The normalized spacial score (nSPS) is 25.5. The number of hydrogen-bond donors (Lipinski definition) is 4. The second-order valence-electron chi connectivity index (χ2n) is 14.1. The average Bonchev–Trinajstić information content (AvgIpc) is 3.76. The van der Waals surface area contributed by atoms with Gasteiger partial charge in [-0.3, -0.25) is 4.79 Å². The third-order valence-electron chi connectivity index (χ3n) is 10.5. The Bertz CT molecular complexity index is 1920. The van der Waals surface area contributed by atoms with Crippen LogP contribution >= 0.6 is 0 Å². The number of hydrogen-bond acceptors (Lipinski definition) is 9. The Morgan fingerprint density at radius 1 is 1.08 bits per heavy atom. The van der Waals surface area contributed by atoms with Crippen LogP contribution in [0.5, 0.6) is 5.75 Å². The molecule has 0 radical (unpaired) electrons. The molecule has 8 rings (SSSR count). The number of ether oxygens (including phenoxy) is 1. The summed E-state index contributed by atoms with van der Waals surface area (Å²) in [5.74, 6) is 0.224. The van der Waals surface area contributed by atoms with Crippen molar-refractivity contribution in [3.05, 3.63) is 92.8 Å². The first-order valence-electron chi connectivity index (χ1n) is 17.1. The lowest BCUT2D eigenvalue weighted by atomic mass is 9.86. The van der Waals surface area contributed by atoms with Gasteiger partial charge in [-0.2, -0.15) is 0 Å². The van der Waals surface area contributed by atoms with Gasteiger partial charge in [-0.05, 0) is 82.4 Å². The van der Waals surface area contributed by atoms with Gasteiger partial charge in [0.1, 0.15) is 12.4 Å². The van der Waals surface area contributed by atoms with E-state index >= 15 is 0 Å². The summed E-state index contributed by atoms with van der Waals surface area (Å²) < 4.78 is 6.71. The van der Waals surface area contributed by atoms with Crippen molar-refractivity contribution in [1.29, 1.82) is 0 Å². The van der Waals surface area contributed by atoms with Crippen molar-refractivity contribution < 1.29 is 19.7 Å². The fourth-order valence-electron chi connectivity index (χ4n) is 7.62. The summed E-state index contributed by atoms with van der Waals surface area (Å²) in [4.78, 5) is 32.3. The minimum Gasteiger partial charge on any atom is -0.508 e. The maximum atomic E-state index is 13.2. The zero-order chi connectivity index (χ0) is 33.7. The second-order valence-corrected chi connectivity index (χ2v) is 14.1. The van der Waals surface area contributed by atoms with Crippen LogP contribution in [0.1, 0.15) is 79.2 Å². The Morgan fingerprint density at radius 3 is 2.54 bits per heavy atom. The fraction of sp³-hybridized carbons (Fsp3) is 0.447. The number of rotatable bonds is 6. The van der Waals surface area contributed by atoms with Gasteiger partial charge in [0.2, 0.25) is 0 Å². The zero-order valence-electron chi connectivity index (χ0n) is 27.9. The number of esters is 1. The van der Waals surface area contributed by atoms with Gasteiger partial charge in [0, 0.05) is 52.7 Å². The van der Waals surface area contributed by atoms with Crippen LogP contribution in [0.4, 0.5) is 0 Å². The zero-order valence-corrected chi connectivity index (χ0v) is 27.9. The lowest BCUT2D eigenvalue weighted by Crippen LogP contribution is -2.44. The number of aromatic nitrogens is 2. The molecule has 0 saturated heterocycles. The van der Waals surface area contributed by atoms with E-state index in [1.54, 1.807) is 29.7 Å². The number of nitrogens with zero attached hydrogens (tertiary/aromatic N) is 3. The van der Waals surface area contributed by atoms with Crippen molar-refractivity contribution in [3.8, 4) is 17.1 Å². The van der Waals surface area contributed by atoms with Crippen molar-refractivity contribution in [2.45, 2.75) is 94.8 Å². The maximum Gasteiger partial charge on any atom is 0.343 e. The van der Waals surface area contributed by atoms with E-state index in [2.05, 4.69) is 35.6 Å².